The molecular formula is C19H27FN2O. The van der Waals surface area contributed by atoms with Gasteiger partial charge in [0, 0.05) is 19.5 Å². The van der Waals surface area contributed by atoms with E-state index in [1.165, 1.54) is 37.8 Å². The summed E-state index contributed by atoms with van der Waals surface area (Å²) in [5.74, 6) is -0.163. The minimum absolute atomic E-state index is 0.0662. The highest BCUT2D eigenvalue weighted by molar-refractivity contribution is 5.76. The van der Waals surface area contributed by atoms with Gasteiger partial charge in [-0.25, -0.2) is 4.39 Å². The molecule has 0 aromatic heterocycles. The van der Waals surface area contributed by atoms with Crippen LogP contribution in [0.15, 0.2) is 35.9 Å². The number of allylic oxidation sites excluding steroid dienone is 1. The van der Waals surface area contributed by atoms with Gasteiger partial charge in [-0.2, -0.15) is 0 Å². The average Bonchev–Trinajstić information content (AvgIpc) is 2.57. The third kappa shape index (κ3) is 7.42. The molecule has 0 unspecified atom stereocenters. The smallest absolute Gasteiger partial charge is 0.221 e. The molecule has 0 spiro atoms. The van der Waals surface area contributed by atoms with Crippen LogP contribution in [0.4, 0.5) is 4.39 Å². The molecule has 4 heteroatoms. The second-order valence-electron chi connectivity index (χ2n) is 6.08. The van der Waals surface area contributed by atoms with Gasteiger partial charge in [-0.15, -0.1) is 0 Å². The van der Waals surface area contributed by atoms with E-state index in [1.807, 2.05) is 0 Å². The maximum absolute atomic E-state index is 12.8. The Balaban J connectivity index is 1.48. The van der Waals surface area contributed by atoms with Crippen molar-refractivity contribution in [2.24, 2.45) is 0 Å². The highest BCUT2D eigenvalue weighted by Crippen LogP contribution is 2.19. The van der Waals surface area contributed by atoms with Crippen LogP contribution >= 0.6 is 0 Å². The lowest BCUT2D eigenvalue weighted by Gasteiger charge is -2.12. The van der Waals surface area contributed by atoms with Crippen LogP contribution in [-0.2, 0) is 11.2 Å². The van der Waals surface area contributed by atoms with Crippen LogP contribution in [0.5, 0.6) is 0 Å². The Hall–Kier alpha value is -1.68. The number of amides is 1. The van der Waals surface area contributed by atoms with Crippen LogP contribution in [0.2, 0.25) is 0 Å². The second kappa shape index (κ2) is 10.2. The van der Waals surface area contributed by atoms with E-state index >= 15 is 0 Å². The molecule has 0 aliphatic heterocycles. The summed E-state index contributed by atoms with van der Waals surface area (Å²) in [6.45, 7) is 2.27. The van der Waals surface area contributed by atoms with E-state index in [1.54, 1.807) is 17.7 Å². The van der Waals surface area contributed by atoms with E-state index in [9.17, 15) is 9.18 Å². The number of hydrogen-bond acceptors (Lipinski definition) is 2. The number of nitrogens with one attached hydrogen (secondary N) is 2. The fraction of sp³-hybridized carbons (Fsp3) is 0.526. The maximum atomic E-state index is 12.8. The van der Waals surface area contributed by atoms with Gasteiger partial charge < -0.3 is 10.6 Å². The van der Waals surface area contributed by atoms with Crippen molar-refractivity contribution < 1.29 is 9.18 Å². The first-order chi connectivity index (χ1) is 11.2. The molecule has 1 aliphatic rings. The average molecular weight is 318 g/mol. The van der Waals surface area contributed by atoms with Crippen molar-refractivity contribution >= 4 is 5.91 Å². The number of hydrogen-bond donors (Lipinski definition) is 2. The van der Waals surface area contributed by atoms with Gasteiger partial charge in [-0.1, -0.05) is 23.8 Å². The molecule has 0 saturated heterocycles. The molecule has 0 bridgehead atoms. The van der Waals surface area contributed by atoms with Gasteiger partial charge in [-0.3, -0.25) is 4.79 Å². The van der Waals surface area contributed by atoms with E-state index in [2.05, 4.69) is 16.7 Å². The van der Waals surface area contributed by atoms with Crippen molar-refractivity contribution in [1.82, 2.24) is 10.6 Å². The van der Waals surface area contributed by atoms with Gasteiger partial charge >= 0.3 is 0 Å². The van der Waals surface area contributed by atoms with Crippen LogP contribution in [0.1, 0.15) is 44.1 Å². The Morgan fingerprint density at radius 2 is 1.87 bits per heavy atom. The minimum atomic E-state index is -0.229. The summed E-state index contributed by atoms with van der Waals surface area (Å²) < 4.78 is 12.8. The lowest BCUT2D eigenvalue weighted by atomic mass is 9.97. The predicted molar refractivity (Wildman–Crippen MR) is 91.8 cm³/mol. The number of carbonyl (C=O) groups is 1. The van der Waals surface area contributed by atoms with Crippen molar-refractivity contribution in [3.63, 3.8) is 0 Å². The second-order valence-corrected chi connectivity index (χ2v) is 6.08. The van der Waals surface area contributed by atoms with E-state index in [-0.39, 0.29) is 11.7 Å². The summed E-state index contributed by atoms with van der Waals surface area (Å²) in [5, 5.41) is 6.24. The maximum Gasteiger partial charge on any atom is 0.221 e. The minimum Gasteiger partial charge on any atom is -0.356 e. The van der Waals surface area contributed by atoms with Crippen molar-refractivity contribution in [1.29, 1.82) is 0 Å². The van der Waals surface area contributed by atoms with E-state index < -0.39 is 0 Å². The summed E-state index contributed by atoms with van der Waals surface area (Å²) in [6, 6.07) is 6.40. The highest BCUT2D eigenvalue weighted by Gasteiger charge is 2.04. The molecule has 1 amide bonds. The third-order valence-corrected chi connectivity index (χ3v) is 4.19. The number of halogens is 1. The highest BCUT2D eigenvalue weighted by atomic mass is 19.1. The van der Waals surface area contributed by atoms with Crippen LogP contribution in [0.3, 0.4) is 0 Å². The molecule has 1 aromatic carbocycles. The number of rotatable bonds is 9. The van der Waals surface area contributed by atoms with Crippen molar-refractivity contribution in [2.75, 3.05) is 19.6 Å². The normalized spacial score (nSPS) is 14.4. The van der Waals surface area contributed by atoms with Gasteiger partial charge in [0.1, 0.15) is 5.82 Å². The molecule has 0 atom stereocenters. The molecule has 23 heavy (non-hydrogen) atoms. The Kier molecular flexibility index (Phi) is 7.81. The van der Waals surface area contributed by atoms with Crippen LogP contribution in [-0.4, -0.2) is 25.5 Å². The molecule has 0 radical (unpaired) electrons. The first-order valence-electron chi connectivity index (χ1n) is 8.64. The topological polar surface area (TPSA) is 41.1 Å². The first-order valence-corrected chi connectivity index (χ1v) is 8.64. The summed E-state index contributed by atoms with van der Waals surface area (Å²) >= 11 is 0. The predicted octanol–water partition coefficient (Wildman–Crippen LogP) is 3.35. The number of benzene rings is 1. The Morgan fingerprint density at radius 1 is 1.04 bits per heavy atom. The van der Waals surface area contributed by atoms with Gasteiger partial charge in [0.15, 0.2) is 0 Å². The van der Waals surface area contributed by atoms with Crippen molar-refractivity contribution in [3.8, 4) is 0 Å². The van der Waals surface area contributed by atoms with Crippen molar-refractivity contribution in [2.45, 2.75) is 44.9 Å². The Morgan fingerprint density at radius 3 is 2.61 bits per heavy atom. The van der Waals surface area contributed by atoms with Gasteiger partial charge in [0.2, 0.25) is 5.91 Å². The van der Waals surface area contributed by atoms with Crippen LogP contribution in [0, 0.1) is 5.82 Å². The largest absolute Gasteiger partial charge is 0.356 e. The number of carbonyl (C=O) groups excluding carboxylic acids is 1. The van der Waals surface area contributed by atoms with Gasteiger partial charge in [0.05, 0.1) is 0 Å². The van der Waals surface area contributed by atoms with E-state index in [0.29, 0.717) is 13.0 Å². The third-order valence-electron chi connectivity index (χ3n) is 4.19. The Labute approximate surface area is 138 Å². The molecule has 3 nitrogen and oxygen atoms in total. The fourth-order valence-electron chi connectivity index (χ4n) is 2.79. The molecular weight excluding hydrogens is 291 g/mol. The monoisotopic (exact) mass is 318 g/mol. The zero-order valence-corrected chi connectivity index (χ0v) is 13.7. The molecule has 2 rings (SSSR count). The summed E-state index contributed by atoms with van der Waals surface area (Å²) in [7, 11) is 0. The summed E-state index contributed by atoms with van der Waals surface area (Å²) in [4.78, 5) is 11.7. The van der Waals surface area contributed by atoms with Crippen LogP contribution < -0.4 is 10.6 Å². The lowest BCUT2D eigenvalue weighted by Crippen LogP contribution is -2.29. The van der Waals surface area contributed by atoms with Crippen LogP contribution in [0.25, 0.3) is 0 Å². The molecule has 126 valence electrons. The fourth-order valence-corrected chi connectivity index (χ4v) is 2.79. The summed E-state index contributed by atoms with van der Waals surface area (Å²) in [6.07, 6.45) is 9.82. The van der Waals surface area contributed by atoms with E-state index in [0.717, 1.165) is 31.5 Å². The zero-order chi connectivity index (χ0) is 16.3. The van der Waals surface area contributed by atoms with Gasteiger partial charge in [0.25, 0.3) is 0 Å². The van der Waals surface area contributed by atoms with Gasteiger partial charge in [-0.05, 0) is 62.8 Å². The first kappa shape index (κ1) is 17.7. The standard InChI is InChI=1S/C19H27FN2O/c20-18-8-6-17(7-9-18)11-15-22-19(23)12-14-21-13-10-16-4-2-1-3-5-16/h4,6-9,21H,1-3,5,10-15H2,(H,22,23). The summed E-state index contributed by atoms with van der Waals surface area (Å²) in [5.41, 5.74) is 2.60. The van der Waals surface area contributed by atoms with E-state index in [4.69, 9.17) is 0 Å². The molecule has 0 saturated carbocycles. The zero-order valence-electron chi connectivity index (χ0n) is 13.7. The molecule has 1 aliphatic carbocycles. The van der Waals surface area contributed by atoms with Crippen molar-refractivity contribution in [3.05, 3.63) is 47.3 Å². The molecule has 2 N–H and O–H groups in total. The SMILES string of the molecule is O=C(CCNCCC1=CCCCC1)NCCc1ccc(F)cc1. The molecule has 0 heterocycles. The molecule has 1 aromatic rings. The quantitative estimate of drug-likeness (QED) is 0.541. The molecule has 0 fully saturated rings. The Bertz CT molecular complexity index is 511. The lowest BCUT2D eigenvalue weighted by molar-refractivity contribution is -0.120.